The predicted molar refractivity (Wildman–Crippen MR) is 133 cm³/mol. The number of pyridine rings is 1. The summed E-state index contributed by atoms with van der Waals surface area (Å²) in [6.45, 7) is 7.12. The Morgan fingerprint density at radius 1 is 1.23 bits per heavy atom. The van der Waals surface area contributed by atoms with Gasteiger partial charge in [-0.1, -0.05) is 18.2 Å². The zero-order chi connectivity index (χ0) is 23.9. The zero-order valence-corrected chi connectivity index (χ0v) is 19.8. The van der Waals surface area contributed by atoms with E-state index in [0.29, 0.717) is 41.2 Å². The first kappa shape index (κ1) is 22.1. The number of nitrogens with one attached hydrogen (secondary N) is 1. The lowest BCUT2D eigenvalue weighted by molar-refractivity contribution is -0.127. The van der Waals surface area contributed by atoms with E-state index in [1.54, 1.807) is 0 Å². The summed E-state index contributed by atoms with van der Waals surface area (Å²) in [5.41, 5.74) is 2.20. The van der Waals surface area contributed by atoms with Gasteiger partial charge in [-0.15, -0.1) is 0 Å². The van der Waals surface area contributed by atoms with Crippen molar-refractivity contribution in [1.29, 1.82) is 0 Å². The number of carbonyl (C=O) groups excluding carboxylic acids is 1. The molecule has 1 aromatic carbocycles. The number of likely N-dealkylation sites (tertiary alicyclic amines) is 1. The maximum absolute atomic E-state index is 12.1. The Hall–Kier alpha value is -3.43. The van der Waals surface area contributed by atoms with Crippen LogP contribution in [-0.4, -0.2) is 70.8 Å². The molecule has 35 heavy (non-hydrogen) atoms. The fourth-order valence-corrected chi connectivity index (χ4v) is 5.17. The number of hydrogen-bond acceptors (Lipinski definition) is 8. The number of carbonyl (C=O) groups is 1. The molecule has 9 nitrogen and oxygen atoms in total. The van der Waals surface area contributed by atoms with Crippen LogP contribution in [0.2, 0.25) is 5.02 Å². The largest absolute Gasteiger partial charge is 0.492 e. The molecule has 5 heterocycles. The molecule has 3 aliphatic heterocycles. The van der Waals surface area contributed by atoms with E-state index in [0.717, 1.165) is 43.2 Å². The summed E-state index contributed by atoms with van der Waals surface area (Å²) < 4.78 is 11.0. The highest BCUT2D eigenvalue weighted by molar-refractivity contribution is 6.32. The van der Waals surface area contributed by atoms with Crippen molar-refractivity contribution in [3.05, 3.63) is 54.3 Å². The first-order chi connectivity index (χ1) is 17.1. The minimum absolute atomic E-state index is 0.00404. The van der Waals surface area contributed by atoms with Crippen molar-refractivity contribution < 1.29 is 14.3 Å². The number of rotatable bonds is 7. The Kier molecular flexibility index (Phi) is 5.66. The predicted octanol–water partition coefficient (Wildman–Crippen LogP) is 3.42. The lowest BCUT2D eigenvalue weighted by atomic mass is 10.1. The smallest absolute Gasteiger partial charge is 0.246 e. The number of aromatic nitrogens is 3. The van der Waals surface area contributed by atoms with Crippen LogP contribution in [0.4, 0.5) is 17.3 Å². The van der Waals surface area contributed by atoms with Gasteiger partial charge in [0.05, 0.1) is 42.4 Å². The van der Waals surface area contributed by atoms with Crippen molar-refractivity contribution in [2.45, 2.75) is 18.5 Å². The quantitative estimate of drug-likeness (QED) is 0.501. The van der Waals surface area contributed by atoms with Gasteiger partial charge in [-0.05, 0) is 42.8 Å². The van der Waals surface area contributed by atoms with Gasteiger partial charge >= 0.3 is 0 Å². The van der Waals surface area contributed by atoms with Crippen LogP contribution in [0.3, 0.4) is 0 Å². The molecular formula is C25H25ClN6O3. The van der Waals surface area contributed by atoms with Crippen LogP contribution in [0, 0.1) is 5.92 Å². The third kappa shape index (κ3) is 4.15. The maximum Gasteiger partial charge on any atom is 0.246 e. The van der Waals surface area contributed by atoms with Crippen LogP contribution in [0.1, 0.15) is 6.42 Å². The Morgan fingerprint density at radius 2 is 2.11 bits per heavy atom. The molecule has 3 fully saturated rings. The average molecular weight is 493 g/mol. The van der Waals surface area contributed by atoms with E-state index in [2.05, 4.69) is 26.8 Å². The van der Waals surface area contributed by atoms with Gasteiger partial charge < -0.3 is 24.6 Å². The standard InChI is InChI=1S/C25H25ClN6O3/c1-2-23(33)32-10-17-8-18(32)9-31(17)22-6-4-20-24(30-22)25(28-14-27-20)29-16-3-5-21(19(26)7-16)35-13-15-11-34-12-15/h2-7,14-15,17-18H,1,8-13H2,(H,27,28,29)/t17-,18-/m0/s1. The second-order valence-electron chi connectivity index (χ2n) is 9.13. The number of piperazine rings is 1. The number of nitrogens with zero attached hydrogens (tertiary/aromatic N) is 5. The van der Waals surface area contributed by atoms with Crippen molar-refractivity contribution in [1.82, 2.24) is 19.9 Å². The summed E-state index contributed by atoms with van der Waals surface area (Å²) in [5, 5.41) is 3.85. The van der Waals surface area contributed by atoms with Crippen molar-refractivity contribution >= 4 is 45.9 Å². The lowest BCUT2D eigenvalue weighted by Gasteiger charge is -2.34. The number of ether oxygens (including phenoxy) is 2. The highest BCUT2D eigenvalue weighted by Gasteiger charge is 2.45. The van der Waals surface area contributed by atoms with E-state index in [1.165, 1.54) is 12.4 Å². The van der Waals surface area contributed by atoms with Crippen LogP contribution >= 0.6 is 11.6 Å². The molecule has 0 unspecified atom stereocenters. The number of fused-ring (bicyclic) bond motifs is 3. The summed E-state index contributed by atoms with van der Waals surface area (Å²) in [6.07, 6.45) is 3.85. The van der Waals surface area contributed by atoms with Crippen molar-refractivity contribution in [2.75, 3.05) is 43.1 Å². The van der Waals surface area contributed by atoms with Crippen molar-refractivity contribution in [2.24, 2.45) is 5.92 Å². The molecule has 0 radical (unpaired) electrons. The van der Waals surface area contributed by atoms with E-state index >= 15 is 0 Å². The molecule has 0 saturated carbocycles. The topological polar surface area (TPSA) is 92.7 Å². The summed E-state index contributed by atoms with van der Waals surface area (Å²) >= 11 is 6.47. The van der Waals surface area contributed by atoms with Gasteiger partial charge in [0.2, 0.25) is 5.91 Å². The Bertz CT molecular complexity index is 1300. The molecule has 3 aromatic rings. The van der Waals surface area contributed by atoms with E-state index in [4.69, 9.17) is 26.1 Å². The van der Waals surface area contributed by atoms with Gasteiger partial charge in [-0.3, -0.25) is 4.79 Å². The Balaban J connectivity index is 1.21. The molecule has 2 bridgehead atoms. The number of benzene rings is 1. The maximum atomic E-state index is 12.1. The van der Waals surface area contributed by atoms with Gasteiger partial charge in [0.1, 0.15) is 23.4 Å². The molecule has 0 aliphatic carbocycles. The minimum atomic E-state index is -0.00404. The fourth-order valence-electron chi connectivity index (χ4n) is 4.94. The van der Waals surface area contributed by atoms with Crippen LogP contribution in [0.5, 0.6) is 5.75 Å². The molecule has 3 saturated heterocycles. The number of hydrogen-bond donors (Lipinski definition) is 1. The van der Waals surface area contributed by atoms with Gasteiger partial charge in [-0.25, -0.2) is 15.0 Å². The van der Waals surface area contributed by atoms with Crippen molar-refractivity contribution in [3.63, 3.8) is 0 Å². The fraction of sp³-hybridized carbons (Fsp3) is 0.360. The third-order valence-corrected chi connectivity index (χ3v) is 7.13. The highest BCUT2D eigenvalue weighted by Crippen LogP contribution is 2.35. The normalized spacial score (nSPS) is 21.3. The molecule has 180 valence electrons. The molecule has 10 heteroatoms. The van der Waals surface area contributed by atoms with Gasteiger partial charge in [0.25, 0.3) is 0 Å². The molecule has 2 atom stereocenters. The summed E-state index contributed by atoms with van der Waals surface area (Å²) in [5.74, 6) is 2.52. The highest BCUT2D eigenvalue weighted by atomic mass is 35.5. The Morgan fingerprint density at radius 3 is 2.83 bits per heavy atom. The van der Waals surface area contributed by atoms with E-state index < -0.39 is 0 Å². The van der Waals surface area contributed by atoms with Gasteiger partial charge in [-0.2, -0.15) is 0 Å². The molecule has 2 aromatic heterocycles. The van der Waals surface area contributed by atoms with E-state index in [-0.39, 0.29) is 18.0 Å². The monoisotopic (exact) mass is 492 g/mol. The molecule has 3 aliphatic rings. The second kappa shape index (κ2) is 8.98. The molecule has 6 rings (SSSR count). The van der Waals surface area contributed by atoms with Crippen LogP contribution in [-0.2, 0) is 9.53 Å². The van der Waals surface area contributed by atoms with E-state index in [9.17, 15) is 4.79 Å². The van der Waals surface area contributed by atoms with Crippen LogP contribution < -0.4 is 15.0 Å². The molecule has 0 spiro atoms. The first-order valence-electron chi connectivity index (χ1n) is 11.7. The van der Waals surface area contributed by atoms with Gasteiger partial charge in [0, 0.05) is 24.7 Å². The van der Waals surface area contributed by atoms with E-state index in [1.807, 2.05) is 35.2 Å². The average Bonchev–Trinajstić information content (AvgIpc) is 3.45. The number of halogens is 1. The van der Waals surface area contributed by atoms with Gasteiger partial charge in [0.15, 0.2) is 5.82 Å². The SMILES string of the molecule is C=CC(=O)N1C[C@@H]2C[C@H]1CN2c1ccc2ncnc(Nc3ccc(OCC4COC4)c(Cl)c3)c2n1. The molecule has 1 N–H and O–H groups in total. The second-order valence-corrected chi connectivity index (χ2v) is 9.54. The summed E-state index contributed by atoms with van der Waals surface area (Å²) in [4.78, 5) is 30.0. The lowest BCUT2D eigenvalue weighted by Crippen LogP contribution is -2.48. The number of anilines is 3. The van der Waals surface area contributed by atoms with Crippen molar-refractivity contribution in [3.8, 4) is 5.75 Å². The third-order valence-electron chi connectivity index (χ3n) is 6.84. The molecule has 1 amide bonds. The van der Waals surface area contributed by atoms with Crippen LogP contribution in [0.25, 0.3) is 11.0 Å². The molecular weight excluding hydrogens is 468 g/mol. The zero-order valence-electron chi connectivity index (χ0n) is 19.1. The summed E-state index contributed by atoms with van der Waals surface area (Å²) in [6, 6.07) is 9.94. The summed E-state index contributed by atoms with van der Waals surface area (Å²) in [7, 11) is 0. The minimum Gasteiger partial charge on any atom is -0.492 e. The Labute approximate surface area is 207 Å². The first-order valence-corrected chi connectivity index (χ1v) is 12.1. The number of amides is 1. The van der Waals surface area contributed by atoms with Crippen LogP contribution in [0.15, 0.2) is 49.3 Å².